The molecule has 25 heavy (non-hydrogen) atoms. The molecule has 0 aromatic heterocycles. The fourth-order valence-corrected chi connectivity index (χ4v) is 4.38. The Morgan fingerprint density at radius 2 is 2.16 bits per heavy atom. The van der Waals surface area contributed by atoms with Gasteiger partial charge in [-0.1, -0.05) is 40.2 Å². The van der Waals surface area contributed by atoms with Crippen LogP contribution in [0.3, 0.4) is 0 Å². The van der Waals surface area contributed by atoms with Crippen molar-refractivity contribution in [1.82, 2.24) is 0 Å². The van der Waals surface area contributed by atoms with Crippen LogP contribution in [0.25, 0.3) is 0 Å². The SMILES string of the molecule is CCOC(=O)c1ccc2c(c1)[C@H]1C=CC[C@H]1[C@H](c1cccc(Br)c1)N2. The number of halogens is 1. The largest absolute Gasteiger partial charge is 0.462 e. The lowest BCUT2D eigenvalue weighted by Gasteiger charge is -2.37. The molecule has 1 aliphatic carbocycles. The second-order valence-electron chi connectivity index (χ2n) is 6.55. The van der Waals surface area contributed by atoms with Crippen molar-refractivity contribution in [3.8, 4) is 0 Å². The molecule has 2 aromatic carbocycles. The van der Waals surface area contributed by atoms with Gasteiger partial charge in [0.25, 0.3) is 0 Å². The van der Waals surface area contributed by atoms with Gasteiger partial charge in [0, 0.05) is 16.1 Å². The average Bonchev–Trinajstić information content (AvgIpc) is 3.11. The molecule has 0 radical (unpaired) electrons. The monoisotopic (exact) mass is 397 g/mol. The number of fused-ring (bicyclic) bond motifs is 3. The molecule has 3 atom stereocenters. The molecule has 4 rings (SSSR count). The molecule has 0 amide bonds. The van der Waals surface area contributed by atoms with E-state index in [1.54, 1.807) is 0 Å². The van der Waals surface area contributed by atoms with Gasteiger partial charge in [-0.25, -0.2) is 4.79 Å². The van der Waals surface area contributed by atoms with Gasteiger partial charge in [-0.2, -0.15) is 0 Å². The van der Waals surface area contributed by atoms with Gasteiger partial charge in [0.05, 0.1) is 18.2 Å². The van der Waals surface area contributed by atoms with Gasteiger partial charge in [0.1, 0.15) is 0 Å². The summed E-state index contributed by atoms with van der Waals surface area (Å²) in [5.41, 5.74) is 4.21. The van der Waals surface area contributed by atoms with Crippen LogP contribution in [0.2, 0.25) is 0 Å². The number of carbonyl (C=O) groups is 1. The maximum atomic E-state index is 12.1. The zero-order chi connectivity index (χ0) is 17.4. The third-order valence-electron chi connectivity index (χ3n) is 5.08. The quantitative estimate of drug-likeness (QED) is 0.552. The Bertz CT molecular complexity index is 846. The first-order valence-corrected chi connectivity index (χ1v) is 9.46. The third kappa shape index (κ3) is 2.99. The molecular formula is C21H20BrNO2. The summed E-state index contributed by atoms with van der Waals surface area (Å²) in [5, 5.41) is 3.70. The summed E-state index contributed by atoms with van der Waals surface area (Å²) in [5.74, 6) is 0.534. The number of anilines is 1. The number of nitrogens with one attached hydrogen (secondary N) is 1. The van der Waals surface area contributed by atoms with E-state index >= 15 is 0 Å². The van der Waals surface area contributed by atoms with Crippen molar-refractivity contribution in [3.05, 3.63) is 75.8 Å². The number of esters is 1. The van der Waals surface area contributed by atoms with Crippen LogP contribution in [0.5, 0.6) is 0 Å². The van der Waals surface area contributed by atoms with Crippen molar-refractivity contribution >= 4 is 27.6 Å². The Hall–Kier alpha value is -2.07. The highest BCUT2D eigenvalue weighted by Crippen LogP contribution is 2.50. The maximum absolute atomic E-state index is 12.1. The van der Waals surface area contributed by atoms with Crippen LogP contribution in [0.15, 0.2) is 59.1 Å². The van der Waals surface area contributed by atoms with Crippen LogP contribution in [-0.4, -0.2) is 12.6 Å². The first-order chi connectivity index (χ1) is 12.2. The van der Waals surface area contributed by atoms with Gasteiger partial charge in [0.2, 0.25) is 0 Å². The predicted octanol–water partition coefficient (Wildman–Crippen LogP) is 5.45. The summed E-state index contributed by atoms with van der Waals surface area (Å²) in [4.78, 5) is 12.1. The second kappa shape index (κ2) is 6.68. The first kappa shape index (κ1) is 16.4. The minimum atomic E-state index is -0.252. The van der Waals surface area contributed by atoms with Crippen LogP contribution in [-0.2, 0) is 4.74 Å². The third-order valence-corrected chi connectivity index (χ3v) is 5.57. The molecule has 0 unspecified atom stereocenters. The zero-order valence-corrected chi connectivity index (χ0v) is 15.6. The average molecular weight is 398 g/mol. The van der Waals surface area contributed by atoms with Crippen molar-refractivity contribution in [2.75, 3.05) is 11.9 Å². The van der Waals surface area contributed by atoms with E-state index in [-0.39, 0.29) is 12.0 Å². The highest BCUT2D eigenvalue weighted by Gasteiger charge is 2.38. The molecule has 4 heteroatoms. The van der Waals surface area contributed by atoms with Gasteiger partial charge in [-0.15, -0.1) is 0 Å². The van der Waals surface area contributed by atoms with Crippen LogP contribution in [0.4, 0.5) is 5.69 Å². The number of allylic oxidation sites excluding steroid dienone is 2. The molecular weight excluding hydrogens is 378 g/mol. The fourth-order valence-electron chi connectivity index (χ4n) is 3.97. The van der Waals surface area contributed by atoms with E-state index in [2.05, 4.69) is 57.7 Å². The molecule has 2 aliphatic rings. The van der Waals surface area contributed by atoms with Gasteiger partial charge >= 0.3 is 5.97 Å². The number of rotatable bonds is 3. The Balaban J connectivity index is 1.72. The smallest absolute Gasteiger partial charge is 0.338 e. The van der Waals surface area contributed by atoms with E-state index in [0.29, 0.717) is 24.0 Å². The van der Waals surface area contributed by atoms with Crippen molar-refractivity contribution in [3.63, 3.8) is 0 Å². The maximum Gasteiger partial charge on any atom is 0.338 e. The van der Waals surface area contributed by atoms with E-state index in [1.165, 1.54) is 11.1 Å². The normalized spacial score (nSPS) is 23.5. The number of hydrogen-bond acceptors (Lipinski definition) is 3. The Labute approximate surface area is 156 Å². The topological polar surface area (TPSA) is 38.3 Å². The molecule has 1 N–H and O–H groups in total. The predicted molar refractivity (Wildman–Crippen MR) is 103 cm³/mol. The molecule has 0 saturated heterocycles. The lowest BCUT2D eigenvalue weighted by Crippen LogP contribution is -2.29. The molecule has 0 bridgehead atoms. The lowest BCUT2D eigenvalue weighted by atomic mass is 9.76. The molecule has 3 nitrogen and oxygen atoms in total. The molecule has 128 valence electrons. The standard InChI is InChI=1S/C21H20BrNO2/c1-2-25-21(24)14-9-10-19-18(12-14)16-7-4-8-17(16)20(23-19)13-5-3-6-15(22)11-13/h3-7,9-12,16-17,20,23H,2,8H2,1H3/t16-,17+,20-/m0/s1. The molecule has 2 aromatic rings. The molecule has 0 saturated carbocycles. The van der Waals surface area contributed by atoms with Gasteiger partial charge in [-0.3, -0.25) is 0 Å². The number of benzene rings is 2. The van der Waals surface area contributed by atoms with Crippen molar-refractivity contribution in [2.24, 2.45) is 5.92 Å². The summed E-state index contributed by atoms with van der Waals surface area (Å²) in [6, 6.07) is 14.6. The van der Waals surface area contributed by atoms with Crippen LogP contribution in [0.1, 0.15) is 46.8 Å². The fraction of sp³-hybridized carbons (Fsp3) is 0.286. The summed E-state index contributed by atoms with van der Waals surface area (Å²) in [6.45, 7) is 2.22. The highest BCUT2D eigenvalue weighted by atomic mass is 79.9. The second-order valence-corrected chi connectivity index (χ2v) is 7.47. The molecule has 0 fully saturated rings. The highest BCUT2D eigenvalue weighted by molar-refractivity contribution is 9.10. The van der Waals surface area contributed by atoms with E-state index in [9.17, 15) is 4.79 Å². The number of hydrogen-bond donors (Lipinski definition) is 1. The van der Waals surface area contributed by atoms with Gasteiger partial charge < -0.3 is 10.1 Å². The minimum absolute atomic E-state index is 0.252. The minimum Gasteiger partial charge on any atom is -0.462 e. The Morgan fingerprint density at radius 1 is 1.28 bits per heavy atom. The number of carbonyl (C=O) groups excluding carboxylic acids is 1. The van der Waals surface area contributed by atoms with E-state index < -0.39 is 0 Å². The van der Waals surface area contributed by atoms with E-state index in [4.69, 9.17) is 4.74 Å². The molecule has 1 aliphatic heterocycles. The summed E-state index contributed by atoms with van der Waals surface area (Å²) >= 11 is 3.58. The Morgan fingerprint density at radius 3 is 2.96 bits per heavy atom. The Kier molecular flexibility index (Phi) is 4.38. The summed E-state index contributed by atoms with van der Waals surface area (Å²) < 4.78 is 6.25. The summed E-state index contributed by atoms with van der Waals surface area (Å²) in [6.07, 6.45) is 5.58. The van der Waals surface area contributed by atoms with Gasteiger partial charge in [0.15, 0.2) is 0 Å². The number of ether oxygens (including phenoxy) is 1. The van der Waals surface area contributed by atoms with Crippen LogP contribution >= 0.6 is 15.9 Å². The first-order valence-electron chi connectivity index (χ1n) is 8.67. The van der Waals surface area contributed by atoms with Crippen LogP contribution in [0, 0.1) is 5.92 Å². The molecule has 0 spiro atoms. The van der Waals surface area contributed by atoms with Crippen LogP contribution < -0.4 is 5.32 Å². The van der Waals surface area contributed by atoms with E-state index in [1.807, 2.05) is 25.1 Å². The van der Waals surface area contributed by atoms with Gasteiger partial charge in [-0.05, 0) is 60.7 Å². The zero-order valence-electron chi connectivity index (χ0n) is 14.0. The van der Waals surface area contributed by atoms with Crippen molar-refractivity contribution < 1.29 is 9.53 Å². The van der Waals surface area contributed by atoms with E-state index in [0.717, 1.165) is 16.6 Å². The summed E-state index contributed by atoms with van der Waals surface area (Å²) in [7, 11) is 0. The van der Waals surface area contributed by atoms with Crippen molar-refractivity contribution in [1.29, 1.82) is 0 Å². The molecule has 1 heterocycles. The van der Waals surface area contributed by atoms with Crippen molar-refractivity contribution in [2.45, 2.75) is 25.3 Å². The lowest BCUT2D eigenvalue weighted by molar-refractivity contribution is 0.0526.